The van der Waals surface area contributed by atoms with E-state index in [2.05, 4.69) is 65.4 Å². The van der Waals surface area contributed by atoms with Crippen molar-refractivity contribution in [1.29, 1.82) is 0 Å². The molecule has 0 N–H and O–H groups in total. The first-order valence-corrected chi connectivity index (χ1v) is 7.54. The maximum atomic E-state index is 2.60. The van der Waals surface area contributed by atoms with Crippen molar-refractivity contribution in [2.45, 2.75) is 85.0 Å². The molecule has 0 heterocycles. The number of rotatable bonds is 4. The third kappa shape index (κ3) is 3.48. The highest BCUT2D eigenvalue weighted by molar-refractivity contribution is 4.89. The molecule has 0 radical (unpaired) electrons. The fraction of sp³-hybridized carbons (Fsp3) is 1.00. The Balaban J connectivity index is 2.67. The lowest BCUT2D eigenvalue weighted by atomic mass is 9.75. The average Bonchev–Trinajstić information content (AvgIpc) is 2.26. The molecule has 1 aliphatic rings. The Kier molecular flexibility index (Phi) is 4.88. The van der Waals surface area contributed by atoms with Crippen LogP contribution in [0.2, 0.25) is 0 Å². The molecule has 0 spiro atoms. The highest BCUT2D eigenvalue weighted by Gasteiger charge is 2.37. The Morgan fingerprint density at radius 1 is 1.06 bits per heavy atom. The number of nitrogens with zero attached hydrogens (tertiary/aromatic N) is 2. The zero-order chi connectivity index (χ0) is 14.1. The summed E-state index contributed by atoms with van der Waals surface area (Å²) in [4.78, 5) is 5.08. The third-order valence-electron chi connectivity index (χ3n) is 5.36. The van der Waals surface area contributed by atoms with E-state index in [1.165, 1.54) is 25.7 Å². The molecule has 0 aliphatic heterocycles. The van der Waals surface area contributed by atoms with Crippen LogP contribution in [0.15, 0.2) is 0 Å². The molecule has 2 heteroatoms. The monoisotopic (exact) mass is 254 g/mol. The summed E-state index contributed by atoms with van der Waals surface area (Å²) in [6.45, 7) is 14.1. The number of hydrogen-bond donors (Lipinski definition) is 0. The van der Waals surface area contributed by atoms with E-state index in [-0.39, 0.29) is 5.66 Å². The summed E-state index contributed by atoms with van der Waals surface area (Å²) in [5.41, 5.74) is 0.700. The molecule has 0 aromatic heterocycles. The summed E-state index contributed by atoms with van der Waals surface area (Å²) in [5.74, 6) is 0. The van der Waals surface area contributed by atoms with Crippen LogP contribution in [-0.4, -0.2) is 41.6 Å². The molecule has 0 aromatic rings. The zero-order valence-corrected chi connectivity index (χ0v) is 13.9. The lowest BCUT2D eigenvalue weighted by Gasteiger charge is -2.50. The highest BCUT2D eigenvalue weighted by atomic mass is 15.4. The molecule has 1 rings (SSSR count). The topological polar surface area (TPSA) is 6.48 Å². The molecule has 0 amide bonds. The zero-order valence-electron chi connectivity index (χ0n) is 13.9. The Hall–Kier alpha value is -0.0800. The van der Waals surface area contributed by atoms with E-state index in [4.69, 9.17) is 0 Å². The molecule has 0 saturated heterocycles. The van der Waals surface area contributed by atoms with Crippen molar-refractivity contribution >= 4 is 0 Å². The first kappa shape index (κ1) is 16.0. The maximum absolute atomic E-state index is 2.60. The standard InChI is InChI=1S/C16H34N2/c1-13(2)17(7)16(5,6)18(8)14-9-11-15(3,4)12-10-14/h13-14H,9-12H2,1-8H3. The summed E-state index contributed by atoms with van der Waals surface area (Å²) in [7, 11) is 4.55. The van der Waals surface area contributed by atoms with Crippen LogP contribution in [0.1, 0.15) is 67.2 Å². The van der Waals surface area contributed by atoms with Gasteiger partial charge in [-0.05, 0) is 72.9 Å². The summed E-state index contributed by atoms with van der Waals surface area (Å²) >= 11 is 0. The van der Waals surface area contributed by atoms with Crippen LogP contribution in [0.5, 0.6) is 0 Å². The molecule has 1 fully saturated rings. The molecule has 2 nitrogen and oxygen atoms in total. The van der Waals surface area contributed by atoms with Gasteiger partial charge in [-0.15, -0.1) is 0 Å². The van der Waals surface area contributed by atoms with Gasteiger partial charge in [0.15, 0.2) is 0 Å². The van der Waals surface area contributed by atoms with E-state index in [0.717, 1.165) is 6.04 Å². The van der Waals surface area contributed by atoms with Crippen molar-refractivity contribution in [3.8, 4) is 0 Å². The van der Waals surface area contributed by atoms with Gasteiger partial charge in [-0.25, -0.2) is 0 Å². The summed E-state index contributed by atoms with van der Waals surface area (Å²) in [6, 6.07) is 1.33. The minimum absolute atomic E-state index is 0.139. The smallest absolute Gasteiger partial charge is 0.0679 e. The molecule has 108 valence electrons. The van der Waals surface area contributed by atoms with Gasteiger partial charge in [0.25, 0.3) is 0 Å². The Bertz CT molecular complexity index is 258. The van der Waals surface area contributed by atoms with Crippen LogP contribution in [-0.2, 0) is 0 Å². The quantitative estimate of drug-likeness (QED) is 0.701. The van der Waals surface area contributed by atoms with Crippen molar-refractivity contribution in [1.82, 2.24) is 9.80 Å². The van der Waals surface area contributed by atoms with E-state index in [0.29, 0.717) is 11.5 Å². The van der Waals surface area contributed by atoms with Crippen LogP contribution in [0.4, 0.5) is 0 Å². The fourth-order valence-corrected chi connectivity index (χ4v) is 3.10. The van der Waals surface area contributed by atoms with Gasteiger partial charge in [0, 0.05) is 12.1 Å². The summed E-state index contributed by atoms with van der Waals surface area (Å²) in [6.07, 6.45) is 5.42. The number of hydrogen-bond acceptors (Lipinski definition) is 2. The molecule has 18 heavy (non-hydrogen) atoms. The van der Waals surface area contributed by atoms with E-state index in [1.54, 1.807) is 0 Å². The van der Waals surface area contributed by atoms with Gasteiger partial charge in [-0.1, -0.05) is 13.8 Å². The largest absolute Gasteiger partial charge is 0.286 e. The van der Waals surface area contributed by atoms with Crippen LogP contribution in [0.25, 0.3) is 0 Å². The second-order valence-corrected chi connectivity index (χ2v) is 7.71. The van der Waals surface area contributed by atoms with Gasteiger partial charge in [0.1, 0.15) is 0 Å². The van der Waals surface area contributed by atoms with Crippen molar-refractivity contribution in [2.24, 2.45) is 5.41 Å². The minimum Gasteiger partial charge on any atom is -0.286 e. The van der Waals surface area contributed by atoms with Gasteiger partial charge < -0.3 is 0 Å². The van der Waals surface area contributed by atoms with E-state index >= 15 is 0 Å². The Morgan fingerprint density at radius 3 is 1.89 bits per heavy atom. The normalized spacial score (nSPS) is 22.2. The Labute approximate surface area is 115 Å². The van der Waals surface area contributed by atoms with Gasteiger partial charge in [0.05, 0.1) is 5.66 Å². The molecular weight excluding hydrogens is 220 g/mol. The first-order valence-electron chi connectivity index (χ1n) is 7.54. The Morgan fingerprint density at radius 2 is 1.50 bits per heavy atom. The van der Waals surface area contributed by atoms with Gasteiger partial charge >= 0.3 is 0 Å². The van der Waals surface area contributed by atoms with Crippen molar-refractivity contribution in [3.05, 3.63) is 0 Å². The maximum Gasteiger partial charge on any atom is 0.0679 e. The van der Waals surface area contributed by atoms with Gasteiger partial charge in [0.2, 0.25) is 0 Å². The lowest BCUT2D eigenvalue weighted by molar-refractivity contribution is -0.0562. The molecule has 1 saturated carbocycles. The SMILES string of the molecule is CC(C)N(C)C(C)(C)N(C)C1CCC(C)(C)CC1. The van der Waals surface area contributed by atoms with E-state index in [9.17, 15) is 0 Å². The van der Waals surface area contributed by atoms with Crippen molar-refractivity contribution < 1.29 is 0 Å². The molecule has 0 aromatic carbocycles. The van der Waals surface area contributed by atoms with Crippen LogP contribution < -0.4 is 0 Å². The predicted octanol–water partition coefficient (Wildman–Crippen LogP) is 3.96. The second kappa shape index (κ2) is 5.50. The summed E-state index contributed by atoms with van der Waals surface area (Å²) < 4.78 is 0. The van der Waals surface area contributed by atoms with Crippen LogP contribution >= 0.6 is 0 Å². The molecular formula is C16H34N2. The lowest BCUT2D eigenvalue weighted by Crippen LogP contribution is -2.59. The minimum atomic E-state index is 0.139. The first-order chi connectivity index (χ1) is 8.08. The van der Waals surface area contributed by atoms with Crippen LogP contribution in [0.3, 0.4) is 0 Å². The molecule has 0 bridgehead atoms. The average molecular weight is 254 g/mol. The van der Waals surface area contributed by atoms with Crippen molar-refractivity contribution in [3.63, 3.8) is 0 Å². The predicted molar refractivity (Wildman–Crippen MR) is 80.8 cm³/mol. The van der Waals surface area contributed by atoms with E-state index < -0.39 is 0 Å². The van der Waals surface area contributed by atoms with Gasteiger partial charge in [-0.2, -0.15) is 0 Å². The fourth-order valence-electron chi connectivity index (χ4n) is 3.10. The molecule has 1 aliphatic carbocycles. The van der Waals surface area contributed by atoms with E-state index in [1.807, 2.05) is 0 Å². The van der Waals surface area contributed by atoms with Gasteiger partial charge in [-0.3, -0.25) is 9.80 Å². The van der Waals surface area contributed by atoms with Crippen LogP contribution in [0, 0.1) is 5.41 Å². The third-order valence-corrected chi connectivity index (χ3v) is 5.36. The van der Waals surface area contributed by atoms with Crippen molar-refractivity contribution in [2.75, 3.05) is 14.1 Å². The second-order valence-electron chi connectivity index (χ2n) is 7.71. The molecule has 0 unspecified atom stereocenters. The highest BCUT2D eigenvalue weighted by Crippen LogP contribution is 2.38. The molecule has 0 atom stereocenters. The summed E-state index contributed by atoms with van der Waals surface area (Å²) in [5, 5.41) is 0.